The van der Waals surface area contributed by atoms with Crippen LogP contribution >= 0.6 is 11.3 Å². The third-order valence-corrected chi connectivity index (χ3v) is 5.11. The quantitative estimate of drug-likeness (QED) is 0.573. The molecule has 9 heteroatoms. The number of aromatic nitrogens is 5. The lowest BCUT2D eigenvalue weighted by Gasteiger charge is -2.13. The van der Waals surface area contributed by atoms with Gasteiger partial charge in [0.15, 0.2) is 4.96 Å². The number of hydrogen-bond donors (Lipinski definition) is 1. The Morgan fingerprint density at radius 1 is 1.37 bits per heavy atom. The Labute approximate surface area is 158 Å². The van der Waals surface area contributed by atoms with Crippen LogP contribution in [0.3, 0.4) is 0 Å². The third-order valence-electron chi connectivity index (χ3n) is 4.27. The summed E-state index contributed by atoms with van der Waals surface area (Å²) in [6.07, 6.45) is 3.15. The zero-order valence-corrected chi connectivity index (χ0v) is 15.6. The average Bonchev–Trinajstić information content (AvgIpc) is 3.36. The van der Waals surface area contributed by atoms with Gasteiger partial charge in [0, 0.05) is 23.7 Å². The van der Waals surface area contributed by atoms with E-state index in [4.69, 9.17) is 0 Å². The van der Waals surface area contributed by atoms with E-state index in [0.717, 1.165) is 0 Å². The first-order valence-electron chi connectivity index (χ1n) is 8.48. The first-order chi connectivity index (χ1) is 13.1. The molecule has 1 amide bonds. The molecule has 0 spiro atoms. The van der Waals surface area contributed by atoms with Gasteiger partial charge in [0.2, 0.25) is 0 Å². The second-order valence-corrected chi connectivity index (χ2v) is 6.85. The number of amides is 1. The van der Waals surface area contributed by atoms with E-state index >= 15 is 0 Å². The van der Waals surface area contributed by atoms with E-state index in [-0.39, 0.29) is 17.8 Å². The standard InChI is InChI=1S/C18H17FN6OS/c1-3-25-16(20-10-21-25)11(2)22-17(26)15-9-27-18-23-14(8-24(15)18)12-6-4-5-7-13(12)19/h4-11H,3H2,1-2H3,(H,22,26)/t11-/m0/s1. The Morgan fingerprint density at radius 3 is 2.96 bits per heavy atom. The number of benzene rings is 1. The molecule has 0 aliphatic rings. The van der Waals surface area contributed by atoms with Crippen LogP contribution in [0, 0.1) is 5.82 Å². The molecule has 0 fully saturated rings. The van der Waals surface area contributed by atoms with Crippen LogP contribution in [0.4, 0.5) is 4.39 Å². The first kappa shape index (κ1) is 17.3. The molecule has 138 valence electrons. The Kier molecular flexibility index (Phi) is 4.44. The summed E-state index contributed by atoms with van der Waals surface area (Å²) in [6, 6.07) is 6.14. The van der Waals surface area contributed by atoms with Crippen molar-refractivity contribution in [1.82, 2.24) is 29.5 Å². The zero-order chi connectivity index (χ0) is 19.0. The van der Waals surface area contributed by atoms with Gasteiger partial charge < -0.3 is 5.32 Å². The van der Waals surface area contributed by atoms with Crippen LogP contribution in [0.15, 0.2) is 42.2 Å². The molecule has 3 aromatic heterocycles. The molecule has 27 heavy (non-hydrogen) atoms. The summed E-state index contributed by atoms with van der Waals surface area (Å²) in [5.41, 5.74) is 1.34. The highest BCUT2D eigenvalue weighted by Crippen LogP contribution is 2.25. The lowest BCUT2D eigenvalue weighted by molar-refractivity contribution is 0.0931. The Morgan fingerprint density at radius 2 is 2.19 bits per heavy atom. The highest BCUT2D eigenvalue weighted by Gasteiger charge is 2.20. The number of carbonyl (C=O) groups excluding carboxylic acids is 1. The number of carbonyl (C=O) groups is 1. The van der Waals surface area contributed by atoms with E-state index in [2.05, 4.69) is 20.4 Å². The lowest BCUT2D eigenvalue weighted by Crippen LogP contribution is -2.29. The van der Waals surface area contributed by atoms with Crippen molar-refractivity contribution in [2.45, 2.75) is 26.4 Å². The molecule has 4 aromatic rings. The van der Waals surface area contributed by atoms with Gasteiger partial charge in [-0.3, -0.25) is 9.20 Å². The molecular formula is C18H17FN6OS. The van der Waals surface area contributed by atoms with Crippen molar-refractivity contribution in [2.75, 3.05) is 0 Å². The summed E-state index contributed by atoms with van der Waals surface area (Å²) in [5, 5.41) is 8.80. The van der Waals surface area contributed by atoms with Gasteiger partial charge in [-0.25, -0.2) is 19.0 Å². The number of imidazole rings is 1. The molecule has 0 radical (unpaired) electrons. The molecular weight excluding hydrogens is 367 g/mol. The molecule has 4 rings (SSSR count). The van der Waals surface area contributed by atoms with Crippen molar-refractivity contribution in [3.63, 3.8) is 0 Å². The molecule has 0 saturated carbocycles. The van der Waals surface area contributed by atoms with Crippen LogP contribution in [0.5, 0.6) is 0 Å². The van der Waals surface area contributed by atoms with Crippen LogP contribution < -0.4 is 5.32 Å². The highest BCUT2D eigenvalue weighted by molar-refractivity contribution is 7.15. The summed E-state index contributed by atoms with van der Waals surface area (Å²) in [6.45, 7) is 4.49. The summed E-state index contributed by atoms with van der Waals surface area (Å²) in [4.78, 5) is 22.0. The van der Waals surface area contributed by atoms with E-state index in [1.807, 2.05) is 13.8 Å². The van der Waals surface area contributed by atoms with Crippen molar-refractivity contribution in [3.8, 4) is 11.3 Å². The fraction of sp³-hybridized carbons (Fsp3) is 0.222. The summed E-state index contributed by atoms with van der Waals surface area (Å²) in [5.74, 6) is 0.0914. The summed E-state index contributed by atoms with van der Waals surface area (Å²) in [7, 11) is 0. The average molecular weight is 384 g/mol. The van der Waals surface area contributed by atoms with E-state index in [0.29, 0.717) is 34.3 Å². The zero-order valence-electron chi connectivity index (χ0n) is 14.8. The minimum absolute atomic E-state index is 0.253. The van der Waals surface area contributed by atoms with E-state index in [9.17, 15) is 9.18 Å². The van der Waals surface area contributed by atoms with Crippen molar-refractivity contribution in [2.24, 2.45) is 0 Å². The number of aryl methyl sites for hydroxylation is 1. The van der Waals surface area contributed by atoms with Gasteiger partial charge in [0.25, 0.3) is 5.91 Å². The van der Waals surface area contributed by atoms with Gasteiger partial charge in [-0.15, -0.1) is 11.3 Å². The normalized spacial score (nSPS) is 12.4. The number of nitrogens with one attached hydrogen (secondary N) is 1. The number of thiazole rings is 1. The molecule has 0 unspecified atom stereocenters. The maximum absolute atomic E-state index is 14.0. The van der Waals surface area contributed by atoms with Gasteiger partial charge >= 0.3 is 0 Å². The topological polar surface area (TPSA) is 77.1 Å². The van der Waals surface area contributed by atoms with Crippen molar-refractivity contribution in [1.29, 1.82) is 0 Å². The van der Waals surface area contributed by atoms with Crippen LogP contribution in [0.2, 0.25) is 0 Å². The largest absolute Gasteiger partial charge is 0.341 e. The van der Waals surface area contributed by atoms with Crippen LogP contribution in [0.25, 0.3) is 16.2 Å². The van der Waals surface area contributed by atoms with Crippen LogP contribution in [0.1, 0.15) is 36.2 Å². The second kappa shape index (κ2) is 6.92. The minimum Gasteiger partial charge on any atom is -0.341 e. The van der Waals surface area contributed by atoms with Crippen molar-refractivity contribution in [3.05, 3.63) is 59.5 Å². The first-order valence-corrected chi connectivity index (χ1v) is 9.36. The SMILES string of the molecule is CCn1ncnc1[C@H](C)NC(=O)c1csc2nc(-c3ccccc3F)cn12. The van der Waals surface area contributed by atoms with Crippen molar-refractivity contribution < 1.29 is 9.18 Å². The Balaban J connectivity index is 1.62. The van der Waals surface area contributed by atoms with E-state index in [1.165, 1.54) is 23.7 Å². The van der Waals surface area contributed by atoms with Crippen LogP contribution in [-0.4, -0.2) is 30.1 Å². The fourth-order valence-corrected chi connectivity index (χ4v) is 3.79. The third kappa shape index (κ3) is 3.10. The minimum atomic E-state index is -0.346. The van der Waals surface area contributed by atoms with Gasteiger partial charge in [-0.05, 0) is 26.0 Å². The summed E-state index contributed by atoms with van der Waals surface area (Å²) >= 11 is 1.33. The maximum Gasteiger partial charge on any atom is 0.269 e. The van der Waals surface area contributed by atoms with Gasteiger partial charge in [-0.2, -0.15) is 5.10 Å². The summed E-state index contributed by atoms with van der Waals surface area (Å²) < 4.78 is 17.4. The number of fused-ring (bicyclic) bond motifs is 1. The number of hydrogen-bond acceptors (Lipinski definition) is 5. The smallest absolute Gasteiger partial charge is 0.269 e. The number of halogens is 1. The van der Waals surface area contributed by atoms with Gasteiger partial charge in [0.1, 0.15) is 23.7 Å². The predicted molar refractivity (Wildman–Crippen MR) is 100 cm³/mol. The highest BCUT2D eigenvalue weighted by atomic mass is 32.1. The van der Waals surface area contributed by atoms with Crippen LogP contribution in [-0.2, 0) is 6.54 Å². The van der Waals surface area contributed by atoms with Gasteiger partial charge in [-0.1, -0.05) is 12.1 Å². The molecule has 1 atom stereocenters. The van der Waals surface area contributed by atoms with E-state index in [1.54, 1.807) is 38.9 Å². The molecule has 0 aliphatic carbocycles. The molecule has 1 N–H and O–H groups in total. The molecule has 3 heterocycles. The fourth-order valence-electron chi connectivity index (χ4n) is 2.93. The molecule has 0 bridgehead atoms. The number of rotatable bonds is 5. The lowest BCUT2D eigenvalue weighted by atomic mass is 10.1. The molecule has 1 aromatic carbocycles. The molecule has 0 aliphatic heterocycles. The molecule has 7 nitrogen and oxygen atoms in total. The predicted octanol–water partition coefficient (Wildman–Crippen LogP) is 3.30. The molecule has 0 saturated heterocycles. The van der Waals surface area contributed by atoms with E-state index < -0.39 is 0 Å². The second-order valence-electron chi connectivity index (χ2n) is 6.01. The maximum atomic E-state index is 14.0. The van der Waals surface area contributed by atoms with Crippen molar-refractivity contribution >= 4 is 22.2 Å². The monoisotopic (exact) mass is 384 g/mol. The number of nitrogens with zero attached hydrogens (tertiary/aromatic N) is 5. The van der Waals surface area contributed by atoms with Gasteiger partial charge in [0.05, 0.1) is 11.7 Å². The Hall–Kier alpha value is -3.07. The Bertz CT molecular complexity index is 1110.